The van der Waals surface area contributed by atoms with Crippen molar-refractivity contribution in [3.63, 3.8) is 0 Å². The number of nitrogens with zero attached hydrogens (tertiary/aromatic N) is 1. The number of likely N-dealkylation sites (tertiary alicyclic amines) is 1. The molecule has 1 aromatic carbocycles. The van der Waals surface area contributed by atoms with E-state index >= 15 is 0 Å². The van der Waals surface area contributed by atoms with Gasteiger partial charge >= 0.3 is 5.97 Å². The van der Waals surface area contributed by atoms with Crippen molar-refractivity contribution >= 4 is 34.6 Å². The van der Waals surface area contributed by atoms with Crippen molar-refractivity contribution in [2.24, 2.45) is 11.5 Å². The molecule has 0 bridgehead atoms. The minimum atomic E-state index is -1.06. The number of H-pyrrole nitrogens is 1. The first-order valence-electron chi connectivity index (χ1n) is 11.9. The Bertz CT molecular complexity index is 1050. The van der Waals surface area contributed by atoms with Gasteiger partial charge < -0.3 is 37.1 Å². The number of fused-ring (bicyclic) bond motifs is 1. The van der Waals surface area contributed by atoms with Gasteiger partial charge in [-0.05, 0) is 50.3 Å². The number of hydrogen-bond donors (Lipinski definition) is 6. The van der Waals surface area contributed by atoms with Crippen molar-refractivity contribution < 1.29 is 24.3 Å². The van der Waals surface area contributed by atoms with E-state index in [1.54, 1.807) is 6.20 Å². The maximum atomic E-state index is 13.3. The first-order valence-corrected chi connectivity index (χ1v) is 11.9. The number of para-hydroxylation sites is 1. The lowest BCUT2D eigenvalue weighted by atomic mass is 10.0. The van der Waals surface area contributed by atoms with Crippen molar-refractivity contribution in [2.45, 2.75) is 56.7 Å². The quantitative estimate of drug-likeness (QED) is 0.225. The summed E-state index contributed by atoms with van der Waals surface area (Å²) in [6.45, 7) is 0.471. The van der Waals surface area contributed by atoms with Gasteiger partial charge in [0.15, 0.2) is 0 Å². The van der Waals surface area contributed by atoms with Gasteiger partial charge in [-0.25, -0.2) is 4.79 Å². The lowest BCUT2D eigenvalue weighted by molar-refractivity contribution is -0.149. The van der Waals surface area contributed by atoms with Crippen molar-refractivity contribution in [1.82, 2.24) is 20.5 Å². The van der Waals surface area contributed by atoms with Crippen molar-refractivity contribution in [1.29, 1.82) is 0 Å². The molecule has 1 aliphatic rings. The first kappa shape index (κ1) is 26.2. The molecule has 0 radical (unpaired) electrons. The highest BCUT2D eigenvalue weighted by Crippen LogP contribution is 2.21. The minimum Gasteiger partial charge on any atom is -0.480 e. The highest BCUT2D eigenvalue weighted by atomic mass is 16.4. The third-order valence-corrected chi connectivity index (χ3v) is 6.32. The van der Waals surface area contributed by atoms with Gasteiger partial charge in [0.25, 0.3) is 0 Å². The molecule has 0 aliphatic carbocycles. The van der Waals surface area contributed by atoms with Crippen LogP contribution in [0.2, 0.25) is 0 Å². The fourth-order valence-corrected chi connectivity index (χ4v) is 4.49. The predicted molar refractivity (Wildman–Crippen MR) is 130 cm³/mol. The van der Waals surface area contributed by atoms with Gasteiger partial charge in [0.05, 0.1) is 6.54 Å². The molecule has 1 aliphatic heterocycles. The first-order chi connectivity index (χ1) is 16.8. The Morgan fingerprint density at radius 1 is 1.11 bits per heavy atom. The second-order valence-electron chi connectivity index (χ2n) is 8.76. The average molecular weight is 487 g/mol. The van der Waals surface area contributed by atoms with Crippen LogP contribution in [0.15, 0.2) is 30.5 Å². The minimum absolute atomic E-state index is 0.187. The summed E-state index contributed by atoms with van der Waals surface area (Å²) in [4.78, 5) is 54.8. The normalized spacial score (nSPS) is 17.2. The van der Waals surface area contributed by atoms with E-state index in [9.17, 15) is 24.3 Å². The van der Waals surface area contributed by atoms with Crippen LogP contribution in [0.1, 0.15) is 37.7 Å². The van der Waals surface area contributed by atoms with Crippen molar-refractivity contribution in [3.05, 3.63) is 36.0 Å². The van der Waals surface area contributed by atoms with E-state index in [-0.39, 0.29) is 13.0 Å². The zero-order chi connectivity index (χ0) is 25.4. The van der Waals surface area contributed by atoms with E-state index in [4.69, 9.17) is 11.5 Å². The number of rotatable bonds is 12. The SMILES string of the molecule is NCCCCC(NC(=O)C(Cc1c[nH]c2ccccc12)NC(=O)CN)C(=O)N1CCCC1C(=O)O. The van der Waals surface area contributed by atoms with E-state index in [1.165, 1.54) is 4.90 Å². The Morgan fingerprint density at radius 2 is 1.89 bits per heavy atom. The summed E-state index contributed by atoms with van der Waals surface area (Å²) in [7, 11) is 0. The molecule has 0 saturated carbocycles. The van der Waals surface area contributed by atoms with Crippen LogP contribution in [0.4, 0.5) is 0 Å². The number of carboxylic acids is 1. The molecule has 3 unspecified atom stereocenters. The number of carbonyl (C=O) groups is 4. The summed E-state index contributed by atoms with van der Waals surface area (Å²) >= 11 is 0. The van der Waals surface area contributed by atoms with Crippen LogP contribution >= 0.6 is 0 Å². The fraction of sp³-hybridized carbons (Fsp3) is 0.500. The Morgan fingerprint density at radius 3 is 2.60 bits per heavy atom. The molecular formula is C24H34N6O5. The molecular weight excluding hydrogens is 452 g/mol. The molecule has 190 valence electrons. The Kier molecular flexibility index (Phi) is 9.21. The number of amides is 3. The number of carboxylic acid groups (broad SMARTS) is 1. The lowest BCUT2D eigenvalue weighted by Gasteiger charge is -2.28. The molecule has 2 heterocycles. The molecule has 0 spiro atoms. The number of aliphatic carboxylic acids is 1. The molecule has 35 heavy (non-hydrogen) atoms. The molecule has 11 heteroatoms. The molecule has 1 saturated heterocycles. The summed E-state index contributed by atoms with van der Waals surface area (Å²) in [6, 6.07) is 4.80. The third kappa shape index (κ3) is 6.58. The standard InChI is InChI=1S/C24H34N6O5/c25-10-4-3-8-18(23(33)30-11-5-9-20(30)24(34)35)29-22(32)19(28-21(31)13-26)12-15-14-27-17-7-2-1-6-16(15)17/h1-2,6-7,14,18-20,27H,3-5,8-13,25-26H2,(H,28,31)(H,29,32)(H,34,35). The Balaban J connectivity index is 1.80. The van der Waals surface area contributed by atoms with Gasteiger partial charge in [-0.2, -0.15) is 0 Å². The summed E-state index contributed by atoms with van der Waals surface area (Å²) in [5.41, 5.74) is 12.8. The number of benzene rings is 1. The lowest BCUT2D eigenvalue weighted by Crippen LogP contribution is -2.56. The summed E-state index contributed by atoms with van der Waals surface area (Å²) < 4.78 is 0. The Hall–Kier alpha value is -3.44. The molecule has 3 amide bonds. The van der Waals surface area contributed by atoms with E-state index in [0.717, 1.165) is 16.5 Å². The second kappa shape index (κ2) is 12.3. The van der Waals surface area contributed by atoms with Gasteiger partial charge in [-0.15, -0.1) is 0 Å². The van der Waals surface area contributed by atoms with Gasteiger partial charge in [0.2, 0.25) is 17.7 Å². The topological polar surface area (TPSA) is 184 Å². The van der Waals surface area contributed by atoms with Gasteiger partial charge in [-0.1, -0.05) is 18.2 Å². The zero-order valence-electron chi connectivity index (χ0n) is 19.7. The smallest absolute Gasteiger partial charge is 0.326 e. The maximum Gasteiger partial charge on any atom is 0.326 e. The van der Waals surface area contributed by atoms with Crippen LogP contribution in [0.5, 0.6) is 0 Å². The molecule has 11 nitrogen and oxygen atoms in total. The van der Waals surface area contributed by atoms with Crippen LogP contribution in [-0.2, 0) is 25.6 Å². The summed E-state index contributed by atoms with van der Waals surface area (Å²) in [5.74, 6) is -2.53. The Labute approximate surface area is 203 Å². The van der Waals surface area contributed by atoms with Crippen molar-refractivity contribution in [2.75, 3.05) is 19.6 Å². The zero-order valence-corrected chi connectivity index (χ0v) is 19.7. The highest BCUT2D eigenvalue weighted by molar-refractivity contribution is 5.94. The molecule has 3 atom stereocenters. The summed E-state index contributed by atoms with van der Waals surface area (Å²) in [6.07, 6.45) is 4.49. The predicted octanol–water partition coefficient (Wildman–Crippen LogP) is -0.157. The monoisotopic (exact) mass is 486 g/mol. The number of nitrogens with two attached hydrogens (primary N) is 2. The van der Waals surface area contributed by atoms with Gasteiger partial charge in [0, 0.05) is 30.1 Å². The fourth-order valence-electron chi connectivity index (χ4n) is 4.49. The number of aromatic nitrogens is 1. The molecule has 3 rings (SSSR count). The number of aromatic amines is 1. The van der Waals surface area contributed by atoms with Crippen LogP contribution in [-0.4, -0.2) is 76.4 Å². The van der Waals surface area contributed by atoms with Crippen LogP contribution in [0.3, 0.4) is 0 Å². The average Bonchev–Trinajstić information content (AvgIpc) is 3.50. The van der Waals surface area contributed by atoms with Gasteiger partial charge in [0.1, 0.15) is 18.1 Å². The second-order valence-corrected chi connectivity index (χ2v) is 8.76. The molecule has 1 fully saturated rings. The van der Waals surface area contributed by atoms with E-state index in [2.05, 4.69) is 15.6 Å². The number of carbonyl (C=O) groups excluding carboxylic acids is 3. The van der Waals surface area contributed by atoms with E-state index < -0.39 is 41.8 Å². The van der Waals surface area contributed by atoms with Crippen molar-refractivity contribution in [3.8, 4) is 0 Å². The third-order valence-electron chi connectivity index (χ3n) is 6.32. The van der Waals surface area contributed by atoms with Crippen LogP contribution < -0.4 is 22.1 Å². The molecule has 1 aromatic heterocycles. The summed E-state index contributed by atoms with van der Waals surface area (Å²) in [5, 5.41) is 15.8. The van der Waals surface area contributed by atoms with E-state index in [1.807, 2.05) is 24.3 Å². The molecule has 2 aromatic rings. The number of hydrogen-bond acceptors (Lipinski definition) is 6. The van der Waals surface area contributed by atoms with Gasteiger partial charge in [-0.3, -0.25) is 14.4 Å². The number of unbranched alkanes of at least 4 members (excludes halogenated alkanes) is 1. The molecule has 8 N–H and O–H groups in total. The number of nitrogens with one attached hydrogen (secondary N) is 3. The highest BCUT2D eigenvalue weighted by Gasteiger charge is 2.38. The van der Waals surface area contributed by atoms with Crippen LogP contribution in [0.25, 0.3) is 10.9 Å². The van der Waals surface area contributed by atoms with Crippen LogP contribution in [0, 0.1) is 0 Å². The van der Waals surface area contributed by atoms with E-state index in [0.29, 0.717) is 45.2 Å². The maximum absolute atomic E-state index is 13.3. The largest absolute Gasteiger partial charge is 0.480 e.